The van der Waals surface area contributed by atoms with E-state index in [1.807, 2.05) is 6.92 Å². The van der Waals surface area contributed by atoms with Gasteiger partial charge in [-0.25, -0.2) is 4.79 Å². The van der Waals surface area contributed by atoms with Gasteiger partial charge in [0.15, 0.2) is 0 Å². The third-order valence-electron chi connectivity index (χ3n) is 4.89. The molecule has 4 nitrogen and oxygen atoms in total. The number of amides is 2. The standard InChI is InChI=1S/C16H24N2O2S/c1-10(8-11-5-7-21-9-11)17-15(19)18-13-12-4-6-20-14(12)16(13,2)3/h5,7,9-10,12-14H,4,6,8H2,1-3H3,(H2,17,18,19)/t10-,12+,13-,14-/m1/s1. The summed E-state index contributed by atoms with van der Waals surface area (Å²) in [5.41, 5.74) is 1.32. The van der Waals surface area contributed by atoms with E-state index in [0.717, 1.165) is 19.4 Å². The van der Waals surface area contributed by atoms with Gasteiger partial charge in [0.2, 0.25) is 0 Å². The number of fused-ring (bicyclic) bond motifs is 1. The van der Waals surface area contributed by atoms with E-state index in [9.17, 15) is 4.79 Å². The zero-order valence-corrected chi connectivity index (χ0v) is 13.7. The molecule has 1 saturated heterocycles. The Bertz CT molecular complexity index is 500. The van der Waals surface area contributed by atoms with Crippen molar-refractivity contribution < 1.29 is 9.53 Å². The summed E-state index contributed by atoms with van der Waals surface area (Å²) in [6.45, 7) is 7.23. The van der Waals surface area contributed by atoms with Crippen molar-refractivity contribution >= 4 is 17.4 Å². The van der Waals surface area contributed by atoms with E-state index in [1.165, 1.54) is 5.56 Å². The van der Waals surface area contributed by atoms with Crippen molar-refractivity contribution in [1.82, 2.24) is 10.6 Å². The predicted molar refractivity (Wildman–Crippen MR) is 84.6 cm³/mol. The highest BCUT2D eigenvalue weighted by Crippen LogP contribution is 2.52. The summed E-state index contributed by atoms with van der Waals surface area (Å²) in [6, 6.07) is 2.41. The van der Waals surface area contributed by atoms with Gasteiger partial charge in [-0.2, -0.15) is 11.3 Å². The minimum absolute atomic E-state index is 0.0368. The maximum Gasteiger partial charge on any atom is 0.315 e. The van der Waals surface area contributed by atoms with Crippen LogP contribution in [0.1, 0.15) is 32.8 Å². The van der Waals surface area contributed by atoms with Crippen LogP contribution < -0.4 is 10.6 Å². The van der Waals surface area contributed by atoms with Crippen LogP contribution in [0.15, 0.2) is 16.8 Å². The van der Waals surface area contributed by atoms with Gasteiger partial charge in [0, 0.05) is 30.0 Å². The highest BCUT2D eigenvalue weighted by atomic mass is 32.1. The summed E-state index contributed by atoms with van der Waals surface area (Å²) in [5.74, 6) is 0.484. The molecule has 1 saturated carbocycles. The summed E-state index contributed by atoms with van der Waals surface area (Å²) in [6.07, 6.45) is 2.25. The molecule has 0 bridgehead atoms. The van der Waals surface area contributed by atoms with Crippen molar-refractivity contribution in [3.05, 3.63) is 22.4 Å². The lowest BCUT2D eigenvalue weighted by Crippen LogP contribution is -2.68. The molecule has 4 atom stereocenters. The zero-order valence-electron chi connectivity index (χ0n) is 12.9. The molecule has 2 fully saturated rings. The molecule has 0 radical (unpaired) electrons. The molecule has 5 heteroatoms. The molecule has 2 aliphatic rings. The molecule has 0 unspecified atom stereocenters. The Morgan fingerprint density at radius 2 is 2.38 bits per heavy atom. The summed E-state index contributed by atoms with van der Waals surface area (Å²) in [7, 11) is 0. The fourth-order valence-corrected chi connectivity index (χ4v) is 4.52. The Hall–Kier alpha value is -1.07. The van der Waals surface area contributed by atoms with Crippen molar-refractivity contribution in [2.75, 3.05) is 6.61 Å². The molecule has 1 aliphatic carbocycles. The molecular formula is C16H24N2O2S. The fraction of sp³-hybridized carbons (Fsp3) is 0.688. The molecular weight excluding hydrogens is 284 g/mol. The average molecular weight is 308 g/mol. The lowest BCUT2D eigenvalue weighted by Gasteiger charge is -2.54. The number of rotatable bonds is 4. The van der Waals surface area contributed by atoms with E-state index in [2.05, 4.69) is 41.3 Å². The maximum absolute atomic E-state index is 12.2. The summed E-state index contributed by atoms with van der Waals surface area (Å²) >= 11 is 1.69. The second-order valence-electron chi connectivity index (χ2n) is 6.90. The van der Waals surface area contributed by atoms with Crippen LogP contribution in [0, 0.1) is 11.3 Å². The number of hydrogen-bond acceptors (Lipinski definition) is 3. The second kappa shape index (κ2) is 5.61. The largest absolute Gasteiger partial charge is 0.377 e. The number of ether oxygens (including phenoxy) is 1. The van der Waals surface area contributed by atoms with Gasteiger partial charge < -0.3 is 15.4 Å². The number of carbonyl (C=O) groups excluding carboxylic acids is 1. The van der Waals surface area contributed by atoms with E-state index < -0.39 is 0 Å². The van der Waals surface area contributed by atoms with Gasteiger partial charge in [-0.15, -0.1) is 0 Å². The molecule has 116 valence electrons. The minimum atomic E-state index is -0.0545. The summed E-state index contributed by atoms with van der Waals surface area (Å²) in [4.78, 5) is 12.2. The Kier molecular flexibility index (Phi) is 3.97. The Labute approximate surface area is 130 Å². The van der Waals surface area contributed by atoms with Gasteiger partial charge >= 0.3 is 6.03 Å². The Morgan fingerprint density at radius 1 is 1.57 bits per heavy atom. The fourth-order valence-electron chi connectivity index (χ4n) is 3.84. The van der Waals surface area contributed by atoms with E-state index >= 15 is 0 Å². The first-order chi connectivity index (χ1) is 9.98. The quantitative estimate of drug-likeness (QED) is 0.898. The highest BCUT2D eigenvalue weighted by Gasteiger charge is 2.59. The van der Waals surface area contributed by atoms with Crippen LogP contribution in [0.5, 0.6) is 0 Å². The molecule has 1 aromatic rings. The smallest absolute Gasteiger partial charge is 0.315 e. The predicted octanol–water partition coefficient (Wildman–Crippen LogP) is 2.79. The monoisotopic (exact) mass is 308 g/mol. The van der Waals surface area contributed by atoms with Crippen molar-refractivity contribution in [1.29, 1.82) is 0 Å². The number of carbonyl (C=O) groups is 1. The minimum Gasteiger partial charge on any atom is -0.377 e. The van der Waals surface area contributed by atoms with Gasteiger partial charge in [-0.1, -0.05) is 13.8 Å². The maximum atomic E-state index is 12.2. The van der Waals surface area contributed by atoms with Gasteiger partial charge in [-0.3, -0.25) is 0 Å². The number of hydrogen-bond donors (Lipinski definition) is 2. The van der Waals surface area contributed by atoms with Gasteiger partial charge in [-0.05, 0) is 42.2 Å². The molecule has 21 heavy (non-hydrogen) atoms. The molecule has 1 aromatic heterocycles. The number of urea groups is 1. The van der Waals surface area contributed by atoms with E-state index in [4.69, 9.17) is 4.74 Å². The van der Waals surface area contributed by atoms with Crippen LogP contribution in [-0.4, -0.2) is 30.8 Å². The number of nitrogens with one attached hydrogen (secondary N) is 2. The molecule has 2 amide bonds. The van der Waals surface area contributed by atoms with Crippen molar-refractivity contribution in [2.45, 2.75) is 51.8 Å². The van der Waals surface area contributed by atoms with Crippen molar-refractivity contribution in [3.63, 3.8) is 0 Å². The molecule has 0 aromatic carbocycles. The second-order valence-corrected chi connectivity index (χ2v) is 7.68. The average Bonchev–Trinajstić information content (AvgIpc) is 3.05. The van der Waals surface area contributed by atoms with Crippen LogP contribution in [0.2, 0.25) is 0 Å². The zero-order chi connectivity index (χ0) is 15.0. The lowest BCUT2D eigenvalue weighted by atomic mass is 9.57. The van der Waals surface area contributed by atoms with E-state index in [-0.39, 0.29) is 23.5 Å². The molecule has 3 rings (SSSR count). The van der Waals surface area contributed by atoms with E-state index in [1.54, 1.807) is 11.3 Å². The topological polar surface area (TPSA) is 50.4 Å². The first-order valence-corrected chi connectivity index (χ1v) is 8.62. The molecule has 0 spiro atoms. The van der Waals surface area contributed by atoms with E-state index in [0.29, 0.717) is 12.0 Å². The third kappa shape index (κ3) is 2.81. The Morgan fingerprint density at radius 3 is 3.10 bits per heavy atom. The molecule has 2 N–H and O–H groups in total. The molecule has 2 heterocycles. The van der Waals surface area contributed by atoms with Crippen LogP contribution in [0.4, 0.5) is 4.79 Å². The van der Waals surface area contributed by atoms with Crippen LogP contribution in [0.25, 0.3) is 0 Å². The number of thiophene rings is 1. The van der Waals surface area contributed by atoms with Crippen molar-refractivity contribution in [3.8, 4) is 0 Å². The van der Waals surface area contributed by atoms with Crippen LogP contribution in [-0.2, 0) is 11.2 Å². The van der Waals surface area contributed by atoms with Crippen molar-refractivity contribution in [2.24, 2.45) is 11.3 Å². The first-order valence-electron chi connectivity index (χ1n) is 7.68. The van der Waals surface area contributed by atoms with Crippen LogP contribution in [0.3, 0.4) is 0 Å². The normalized spacial score (nSPS) is 31.1. The van der Waals surface area contributed by atoms with Gasteiger partial charge in [0.1, 0.15) is 0 Å². The van der Waals surface area contributed by atoms with Gasteiger partial charge in [0.05, 0.1) is 6.10 Å². The molecule has 1 aliphatic heterocycles. The SMILES string of the molecule is C[C@H](Cc1ccsc1)NC(=O)N[C@@H]1[C@@H]2CCO[C@H]2C1(C)C. The first kappa shape index (κ1) is 14.9. The lowest BCUT2D eigenvalue weighted by molar-refractivity contribution is -0.108. The highest BCUT2D eigenvalue weighted by molar-refractivity contribution is 7.07. The Balaban J connectivity index is 1.50. The summed E-state index contributed by atoms with van der Waals surface area (Å²) < 4.78 is 5.76. The summed E-state index contributed by atoms with van der Waals surface area (Å²) in [5, 5.41) is 10.4. The van der Waals surface area contributed by atoms with Crippen LogP contribution >= 0.6 is 11.3 Å². The third-order valence-corrected chi connectivity index (χ3v) is 5.62. The van der Waals surface area contributed by atoms with Gasteiger partial charge in [0.25, 0.3) is 0 Å².